The number of nitrogens with zero attached hydrogens (tertiary/aromatic N) is 1. The highest BCUT2D eigenvalue weighted by atomic mass is 35.7. The van der Waals surface area contributed by atoms with Crippen molar-refractivity contribution in [3.63, 3.8) is 0 Å². The monoisotopic (exact) mass is 251 g/mol. The van der Waals surface area contributed by atoms with Crippen molar-refractivity contribution >= 4 is 5.71 Å². The molecule has 0 radical (unpaired) electrons. The summed E-state index contributed by atoms with van der Waals surface area (Å²) in [5, 5.41) is 0. The van der Waals surface area contributed by atoms with Gasteiger partial charge in [-0.2, -0.15) is 0 Å². The lowest BCUT2D eigenvalue weighted by Gasteiger charge is -2.25. The maximum absolute atomic E-state index is 8.49. The quantitative estimate of drug-likeness (QED) is 0.443. The van der Waals surface area contributed by atoms with Gasteiger partial charge in [0.25, 0.3) is 0 Å². The van der Waals surface area contributed by atoms with E-state index in [2.05, 4.69) is 11.5 Å². The molecule has 1 atom stereocenters. The first kappa shape index (κ1) is 13.9. The van der Waals surface area contributed by atoms with Crippen molar-refractivity contribution < 1.29 is 33.5 Å². The van der Waals surface area contributed by atoms with E-state index in [-0.39, 0.29) is 0 Å². The molecular formula is C10H18ClNO4. The second-order valence-electron chi connectivity index (χ2n) is 4.35. The topological polar surface area (TPSA) is 95.2 Å². The molecule has 0 amide bonds. The number of hydrogen-bond donors (Lipinski definition) is 0. The summed E-state index contributed by atoms with van der Waals surface area (Å²) in [6.07, 6.45) is 8.60. The molecule has 1 unspecified atom stereocenters. The molecule has 6 heteroatoms. The molecule has 5 nitrogen and oxygen atoms in total. The number of fused-ring (bicyclic) bond motifs is 1. The molecule has 0 saturated carbocycles. The zero-order valence-electron chi connectivity index (χ0n) is 9.49. The first-order valence-electron chi connectivity index (χ1n) is 5.59. The molecule has 0 N–H and O–H groups in total. The minimum absolute atomic E-state index is 0.928. The Kier molecular flexibility index (Phi) is 5.14. The van der Waals surface area contributed by atoms with E-state index in [1.807, 2.05) is 0 Å². The molecule has 1 fully saturated rings. The second kappa shape index (κ2) is 5.93. The van der Waals surface area contributed by atoms with Crippen LogP contribution < -0.4 is 18.6 Å². The fourth-order valence-electron chi connectivity index (χ4n) is 2.54. The second-order valence-corrected chi connectivity index (χ2v) is 5.10. The molecular weight excluding hydrogens is 234 g/mol. The summed E-state index contributed by atoms with van der Waals surface area (Å²) in [5.41, 5.74) is 1.65. The predicted octanol–water partition coefficient (Wildman–Crippen LogP) is -2.56. The molecule has 1 saturated heterocycles. The highest BCUT2D eigenvalue weighted by molar-refractivity contribution is 5.77. The Balaban J connectivity index is 0.000000221. The molecule has 94 valence electrons. The molecule has 0 aliphatic carbocycles. The molecule has 2 aliphatic rings. The Morgan fingerprint density at radius 1 is 1.06 bits per heavy atom. The van der Waals surface area contributed by atoms with E-state index in [1.54, 1.807) is 5.71 Å². The zero-order chi connectivity index (χ0) is 12.2. The average Bonchev–Trinajstić information content (AvgIpc) is 2.16. The van der Waals surface area contributed by atoms with Crippen LogP contribution >= 0.6 is 0 Å². The first-order valence-corrected chi connectivity index (χ1v) is 6.82. The number of rotatable bonds is 0. The standard InChI is InChI=1S/C10H18N.ClHO4/c1-9-5-4-7-10-6-2-3-8-11(9)10;2-1(3,4)5/h10H,2-8H2,1H3;(H,2,3,4,5)/q+1;/p-1. The Morgan fingerprint density at radius 3 is 2.19 bits per heavy atom. The van der Waals surface area contributed by atoms with Crippen molar-refractivity contribution in [1.82, 2.24) is 0 Å². The summed E-state index contributed by atoms with van der Waals surface area (Å²) in [6, 6.07) is 0.928. The van der Waals surface area contributed by atoms with Crippen LogP contribution in [0.3, 0.4) is 0 Å². The Hall–Kier alpha value is -0.200. The fourth-order valence-corrected chi connectivity index (χ4v) is 2.54. The molecule has 0 bridgehead atoms. The maximum Gasteiger partial charge on any atom is 0.152 e. The molecule has 2 aliphatic heterocycles. The van der Waals surface area contributed by atoms with Crippen molar-refractivity contribution in [2.75, 3.05) is 6.54 Å². The van der Waals surface area contributed by atoms with Crippen LogP contribution in [0.25, 0.3) is 0 Å². The summed E-state index contributed by atoms with van der Waals surface area (Å²) >= 11 is 0. The van der Waals surface area contributed by atoms with E-state index in [1.165, 1.54) is 45.1 Å². The van der Waals surface area contributed by atoms with Gasteiger partial charge in [-0.1, -0.05) is 0 Å². The predicted molar refractivity (Wildman–Crippen MR) is 47.3 cm³/mol. The maximum atomic E-state index is 8.49. The smallest absolute Gasteiger partial charge is 0.152 e. The number of piperidine rings is 1. The van der Waals surface area contributed by atoms with Gasteiger partial charge < -0.3 is 0 Å². The molecule has 2 heterocycles. The summed E-state index contributed by atoms with van der Waals surface area (Å²) in [6.45, 7) is 3.66. The van der Waals surface area contributed by atoms with Gasteiger partial charge in [0, 0.05) is 32.6 Å². The molecule has 0 aromatic heterocycles. The van der Waals surface area contributed by atoms with Crippen LogP contribution in [0.5, 0.6) is 0 Å². The van der Waals surface area contributed by atoms with Crippen molar-refractivity contribution in [2.24, 2.45) is 0 Å². The van der Waals surface area contributed by atoms with Crippen LogP contribution in [0.15, 0.2) is 0 Å². The SMILES string of the molecule is CC1=[N+]2CCCCC2CCC1.[O-][Cl+3]([O-])([O-])[O-]. The molecule has 0 aromatic rings. The van der Waals surface area contributed by atoms with Gasteiger partial charge in [-0.3, -0.25) is 0 Å². The van der Waals surface area contributed by atoms with Gasteiger partial charge in [-0.05, 0) is 12.8 Å². The van der Waals surface area contributed by atoms with E-state index < -0.39 is 10.2 Å². The van der Waals surface area contributed by atoms with Crippen LogP contribution in [0, 0.1) is 10.2 Å². The molecule has 0 aromatic carbocycles. The van der Waals surface area contributed by atoms with Gasteiger partial charge in [-0.25, -0.2) is 23.2 Å². The zero-order valence-corrected chi connectivity index (χ0v) is 10.2. The normalized spacial score (nSPS) is 25.7. The van der Waals surface area contributed by atoms with Gasteiger partial charge >= 0.3 is 0 Å². The van der Waals surface area contributed by atoms with Gasteiger partial charge in [0.2, 0.25) is 0 Å². The summed E-state index contributed by atoms with van der Waals surface area (Å²) in [5.74, 6) is 0. The number of hydrogen-bond acceptors (Lipinski definition) is 4. The largest absolute Gasteiger partial charge is 0.235 e. The van der Waals surface area contributed by atoms with Crippen molar-refractivity contribution in [1.29, 1.82) is 0 Å². The highest BCUT2D eigenvalue weighted by Gasteiger charge is 2.29. The minimum atomic E-state index is -4.94. The van der Waals surface area contributed by atoms with Gasteiger partial charge in [0.15, 0.2) is 6.04 Å². The van der Waals surface area contributed by atoms with Crippen LogP contribution in [-0.4, -0.2) is 22.9 Å². The average molecular weight is 252 g/mol. The van der Waals surface area contributed by atoms with Crippen molar-refractivity contribution in [3.8, 4) is 0 Å². The third-order valence-electron chi connectivity index (χ3n) is 3.19. The van der Waals surface area contributed by atoms with E-state index in [4.69, 9.17) is 18.6 Å². The van der Waals surface area contributed by atoms with E-state index in [0.717, 1.165) is 6.04 Å². The third kappa shape index (κ3) is 5.23. The van der Waals surface area contributed by atoms with E-state index in [9.17, 15) is 0 Å². The third-order valence-corrected chi connectivity index (χ3v) is 3.19. The molecule has 0 spiro atoms. The summed E-state index contributed by atoms with van der Waals surface area (Å²) < 4.78 is 36.6. The minimum Gasteiger partial charge on any atom is -0.235 e. The Labute approximate surface area is 97.8 Å². The van der Waals surface area contributed by atoms with Gasteiger partial charge in [0.1, 0.15) is 12.3 Å². The van der Waals surface area contributed by atoms with Crippen LogP contribution in [0.1, 0.15) is 45.4 Å². The summed E-state index contributed by atoms with van der Waals surface area (Å²) in [7, 11) is -4.94. The lowest BCUT2D eigenvalue weighted by atomic mass is 9.94. The van der Waals surface area contributed by atoms with Crippen LogP contribution in [0.2, 0.25) is 0 Å². The van der Waals surface area contributed by atoms with Crippen LogP contribution in [-0.2, 0) is 0 Å². The fraction of sp³-hybridized carbons (Fsp3) is 0.900. The van der Waals surface area contributed by atoms with Crippen molar-refractivity contribution in [3.05, 3.63) is 0 Å². The Morgan fingerprint density at radius 2 is 1.62 bits per heavy atom. The van der Waals surface area contributed by atoms with E-state index >= 15 is 0 Å². The van der Waals surface area contributed by atoms with Gasteiger partial charge in [-0.15, -0.1) is 10.2 Å². The summed E-state index contributed by atoms with van der Waals surface area (Å²) in [4.78, 5) is 0. The molecule has 16 heavy (non-hydrogen) atoms. The molecule has 2 rings (SSSR count). The van der Waals surface area contributed by atoms with E-state index in [0.29, 0.717) is 0 Å². The van der Waals surface area contributed by atoms with Crippen molar-refractivity contribution in [2.45, 2.75) is 51.5 Å². The lowest BCUT2D eigenvalue weighted by Crippen LogP contribution is -2.68. The van der Waals surface area contributed by atoms with Crippen LogP contribution in [0.4, 0.5) is 0 Å². The Bertz CT molecular complexity index is 256. The lowest BCUT2D eigenvalue weighted by molar-refractivity contribution is -2.00. The van der Waals surface area contributed by atoms with Gasteiger partial charge in [0.05, 0.1) is 0 Å². The number of halogens is 1. The first-order chi connectivity index (χ1) is 7.38. The highest BCUT2D eigenvalue weighted by Crippen LogP contribution is 2.22.